The van der Waals surface area contributed by atoms with Gasteiger partial charge in [0.2, 0.25) is 5.91 Å². The Hall–Kier alpha value is -1.73. The van der Waals surface area contributed by atoms with Crippen LogP contribution in [-0.2, 0) is 20.6 Å². The summed E-state index contributed by atoms with van der Waals surface area (Å²) in [6.45, 7) is -0.0446. The first-order chi connectivity index (χ1) is 10.3. The molecule has 8 nitrogen and oxygen atoms in total. The van der Waals surface area contributed by atoms with Crippen LogP contribution in [0.4, 0.5) is 0 Å². The van der Waals surface area contributed by atoms with Gasteiger partial charge in [0.05, 0.1) is 18.7 Å². The molecule has 0 unspecified atom stereocenters. The molecule has 1 aromatic carbocycles. The summed E-state index contributed by atoms with van der Waals surface area (Å²) in [5.74, 6) is -1.54. The molecule has 0 radical (unpaired) electrons. The minimum absolute atomic E-state index is 0.0446. The molecule has 22 heavy (non-hydrogen) atoms. The molecule has 1 aromatic rings. The molecule has 0 fully saturated rings. The zero-order chi connectivity index (χ0) is 16.6. The summed E-state index contributed by atoms with van der Waals surface area (Å²) >= 11 is 0. The van der Waals surface area contributed by atoms with Gasteiger partial charge in [-0.25, -0.2) is 0 Å². The molecule has 9 heteroatoms. The minimum atomic E-state index is -4.29. The van der Waals surface area contributed by atoms with Crippen molar-refractivity contribution in [3.8, 4) is 0 Å². The summed E-state index contributed by atoms with van der Waals surface area (Å²) in [4.78, 5) is 40.3. The van der Waals surface area contributed by atoms with E-state index < -0.39 is 31.8 Å². The first-order valence-corrected chi connectivity index (χ1v) is 8.39. The number of hydrogen-bond acceptors (Lipinski definition) is 4. The first kappa shape index (κ1) is 18.3. The highest BCUT2D eigenvalue weighted by molar-refractivity contribution is 7.51. The first-order valence-electron chi connectivity index (χ1n) is 6.59. The third-order valence-electron chi connectivity index (χ3n) is 2.78. The largest absolute Gasteiger partial charge is 0.481 e. The van der Waals surface area contributed by atoms with Gasteiger partial charge in [-0.2, -0.15) is 0 Å². The van der Waals surface area contributed by atoms with Gasteiger partial charge in [0.25, 0.3) is 0 Å². The topological polar surface area (TPSA) is 136 Å². The molecule has 0 spiro atoms. The van der Waals surface area contributed by atoms with Gasteiger partial charge in [0, 0.05) is 6.54 Å². The van der Waals surface area contributed by atoms with Crippen LogP contribution in [0.15, 0.2) is 30.3 Å². The van der Waals surface area contributed by atoms with E-state index in [0.29, 0.717) is 0 Å². The van der Waals surface area contributed by atoms with Gasteiger partial charge in [-0.1, -0.05) is 30.3 Å². The zero-order valence-electron chi connectivity index (χ0n) is 11.8. The summed E-state index contributed by atoms with van der Waals surface area (Å²) in [7, 11) is -4.29. The molecule has 0 heterocycles. The number of amides is 1. The van der Waals surface area contributed by atoms with Crippen LogP contribution < -0.4 is 10.6 Å². The number of hydrogen-bond donors (Lipinski definition) is 5. The molecule has 0 saturated carbocycles. The molecule has 1 amide bonds. The highest BCUT2D eigenvalue weighted by Gasteiger charge is 2.22. The molecule has 1 atom stereocenters. The summed E-state index contributed by atoms with van der Waals surface area (Å²) in [6, 6.07) is 8.11. The average molecular weight is 330 g/mol. The van der Waals surface area contributed by atoms with Crippen molar-refractivity contribution < 1.29 is 29.0 Å². The van der Waals surface area contributed by atoms with E-state index in [1.807, 2.05) is 6.07 Å². The minimum Gasteiger partial charge on any atom is -0.481 e. The maximum Gasteiger partial charge on any atom is 0.339 e. The van der Waals surface area contributed by atoms with Crippen LogP contribution >= 0.6 is 7.60 Å². The second-order valence-electron chi connectivity index (χ2n) is 4.70. The maximum atomic E-state index is 12.0. The van der Waals surface area contributed by atoms with Crippen molar-refractivity contribution in [2.45, 2.75) is 18.9 Å². The lowest BCUT2D eigenvalue weighted by atomic mass is 10.1. The van der Waals surface area contributed by atoms with Gasteiger partial charge in [0.15, 0.2) is 0 Å². The lowest BCUT2D eigenvalue weighted by Crippen LogP contribution is -2.46. The van der Waals surface area contributed by atoms with Gasteiger partial charge in [-0.05, 0) is 12.0 Å². The van der Waals surface area contributed by atoms with Crippen LogP contribution in [-0.4, -0.2) is 45.6 Å². The Bertz CT molecular complexity index is 545. The molecule has 0 aliphatic heterocycles. The lowest BCUT2D eigenvalue weighted by Gasteiger charge is -2.18. The summed E-state index contributed by atoms with van der Waals surface area (Å²) in [5, 5.41) is 13.5. The van der Waals surface area contributed by atoms with E-state index >= 15 is 0 Å². The predicted octanol–water partition coefficient (Wildman–Crippen LogP) is -0.0866. The number of nitrogens with one attached hydrogen (secondary N) is 2. The second-order valence-corrected chi connectivity index (χ2v) is 6.35. The molecule has 0 aromatic heterocycles. The van der Waals surface area contributed by atoms with E-state index in [-0.39, 0.29) is 19.4 Å². The van der Waals surface area contributed by atoms with Crippen molar-refractivity contribution in [2.24, 2.45) is 0 Å². The van der Waals surface area contributed by atoms with Gasteiger partial charge in [0.1, 0.15) is 0 Å². The van der Waals surface area contributed by atoms with Crippen molar-refractivity contribution in [3.63, 3.8) is 0 Å². The van der Waals surface area contributed by atoms with E-state index in [4.69, 9.17) is 14.9 Å². The number of carbonyl (C=O) groups excluding carboxylic acids is 1. The number of benzene rings is 1. The summed E-state index contributed by atoms with van der Waals surface area (Å²) < 4.78 is 10.9. The van der Waals surface area contributed by atoms with Crippen LogP contribution in [0.1, 0.15) is 12.0 Å². The fraction of sp³-hybridized carbons (Fsp3) is 0.385. The molecule has 122 valence electrons. The highest BCUT2D eigenvalue weighted by Crippen LogP contribution is 2.32. The molecule has 0 aliphatic rings. The molecule has 0 aliphatic carbocycles. The van der Waals surface area contributed by atoms with Crippen molar-refractivity contribution in [2.75, 3.05) is 12.8 Å². The Balaban J connectivity index is 2.66. The monoisotopic (exact) mass is 330 g/mol. The Morgan fingerprint density at radius 1 is 1.18 bits per heavy atom. The predicted molar refractivity (Wildman–Crippen MR) is 79.2 cm³/mol. The molecule has 1 rings (SSSR count). The second kappa shape index (κ2) is 8.65. The van der Waals surface area contributed by atoms with E-state index in [1.165, 1.54) is 0 Å². The van der Waals surface area contributed by atoms with Crippen LogP contribution in [0.25, 0.3) is 0 Å². The maximum absolute atomic E-state index is 12.0. The fourth-order valence-electron chi connectivity index (χ4n) is 1.75. The summed E-state index contributed by atoms with van der Waals surface area (Å²) in [6.07, 6.45) is -0.612. The normalized spacial score (nSPS) is 12.6. The van der Waals surface area contributed by atoms with Gasteiger partial charge < -0.3 is 20.2 Å². The molecular formula is C13H19N2O6P. The van der Waals surface area contributed by atoms with E-state index in [1.54, 1.807) is 24.3 Å². The third kappa shape index (κ3) is 7.90. The highest BCUT2D eigenvalue weighted by atomic mass is 31.2. The molecular weight excluding hydrogens is 311 g/mol. The Morgan fingerprint density at radius 3 is 2.36 bits per heavy atom. The van der Waals surface area contributed by atoms with Crippen molar-refractivity contribution >= 4 is 19.5 Å². The molecule has 0 saturated heterocycles. The standard InChI is InChI=1S/C13H19N2O6P/c16-12(17)6-7-14-13(18)11(15-9-22(19,20)21)8-10-4-2-1-3-5-10/h1-5,11,15H,6-9H2,(H,14,18)(H,16,17)(H2,19,20,21)/t11-/m0/s1. The van der Waals surface area contributed by atoms with Crippen molar-refractivity contribution in [1.29, 1.82) is 0 Å². The van der Waals surface area contributed by atoms with E-state index in [9.17, 15) is 14.2 Å². The van der Waals surface area contributed by atoms with Crippen molar-refractivity contribution in [3.05, 3.63) is 35.9 Å². The van der Waals surface area contributed by atoms with Crippen LogP contribution in [0.2, 0.25) is 0 Å². The van der Waals surface area contributed by atoms with Crippen LogP contribution in [0.5, 0.6) is 0 Å². The molecule has 5 N–H and O–H groups in total. The summed E-state index contributed by atoms with van der Waals surface area (Å²) in [5.41, 5.74) is 0.819. The number of carboxylic acid groups (broad SMARTS) is 1. The quantitative estimate of drug-likeness (QED) is 0.399. The van der Waals surface area contributed by atoms with Gasteiger partial charge in [-0.3, -0.25) is 19.5 Å². The lowest BCUT2D eigenvalue weighted by molar-refractivity contribution is -0.137. The van der Waals surface area contributed by atoms with Gasteiger partial charge in [-0.15, -0.1) is 0 Å². The van der Waals surface area contributed by atoms with Gasteiger partial charge >= 0.3 is 13.6 Å². The van der Waals surface area contributed by atoms with Crippen LogP contribution in [0.3, 0.4) is 0 Å². The smallest absolute Gasteiger partial charge is 0.339 e. The SMILES string of the molecule is O=C(O)CCNC(=O)[C@H](Cc1ccccc1)NCP(=O)(O)O. The van der Waals surface area contributed by atoms with Crippen LogP contribution in [0, 0.1) is 0 Å². The Labute approximate surface area is 127 Å². The van der Waals surface area contributed by atoms with E-state index in [2.05, 4.69) is 10.6 Å². The number of carbonyl (C=O) groups is 2. The fourth-order valence-corrected chi connectivity index (χ4v) is 2.21. The number of carboxylic acids is 1. The number of aliphatic carboxylic acids is 1. The Kier molecular flexibility index (Phi) is 7.20. The number of rotatable bonds is 9. The van der Waals surface area contributed by atoms with Crippen molar-refractivity contribution in [1.82, 2.24) is 10.6 Å². The Morgan fingerprint density at radius 2 is 1.82 bits per heavy atom. The average Bonchev–Trinajstić information content (AvgIpc) is 2.43. The molecule has 0 bridgehead atoms. The third-order valence-corrected chi connectivity index (χ3v) is 3.38. The van der Waals surface area contributed by atoms with E-state index in [0.717, 1.165) is 5.56 Å². The zero-order valence-corrected chi connectivity index (χ0v) is 12.7.